The molecule has 3 aromatic rings. The second kappa shape index (κ2) is 5.37. The maximum atomic E-state index is 10.1. The number of rotatable bonds is 3. The molecular weight excluding hydrogens is 264 g/mol. The molecule has 0 aromatic heterocycles. The average molecular weight is 280 g/mol. The molecule has 3 aromatic carbocycles. The fraction of sp³-hybridized carbons (Fsp3) is 0.111. The molecule has 3 heteroatoms. The first-order chi connectivity index (χ1) is 10.2. The van der Waals surface area contributed by atoms with Crippen LogP contribution in [0.1, 0.15) is 0 Å². The Balaban J connectivity index is 2.37. The highest BCUT2D eigenvalue weighted by atomic mass is 16.5. The highest BCUT2D eigenvalue weighted by Gasteiger charge is 2.13. The van der Waals surface area contributed by atoms with Gasteiger partial charge >= 0.3 is 0 Å². The molecule has 0 aliphatic heterocycles. The van der Waals surface area contributed by atoms with E-state index in [0.29, 0.717) is 11.5 Å². The van der Waals surface area contributed by atoms with Crippen molar-refractivity contribution >= 4 is 10.8 Å². The van der Waals surface area contributed by atoms with Crippen LogP contribution < -0.4 is 9.47 Å². The van der Waals surface area contributed by atoms with Crippen molar-refractivity contribution in [2.45, 2.75) is 0 Å². The second-order valence-electron chi connectivity index (χ2n) is 4.76. The molecule has 3 rings (SSSR count). The van der Waals surface area contributed by atoms with Gasteiger partial charge in [-0.05, 0) is 40.8 Å². The van der Waals surface area contributed by atoms with Gasteiger partial charge in [0.15, 0.2) is 11.5 Å². The van der Waals surface area contributed by atoms with Crippen molar-refractivity contribution < 1.29 is 14.6 Å². The fourth-order valence-electron chi connectivity index (χ4n) is 2.60. The van der Waals surface area contributed by atoms with Gasteiger partial charge in [-0.2, -0.15) is 0 Å². The van der Waals surface area contributed by atoms with Gasteiger partial charge in [-0.3, -0.25) is 0 Å². The first-order valence-corrected chi connectivity index (χ1v) is 6.67. The lowest BCUT2D eigenvalue weighted by atomic mass is 9.97. The molecule has 1 N–H and O–H groups in total. The number of ether oxygens (including phenoxy) is 2. The van der Waals surface area contributed by atoms with Gasteiger partial charge < -0.3 is 14.6 Å². The summed E-state index contributed by atoms with van der Waals surface area (Å²) in [6.45, 7) is 0. The summed E-state index contributed by atoms with van der Waals surface area (Å²) in [6.07, 6.45) is 0. The molecule has 0 aliphatic carbocycles. The Morgan fingerprint density at radius 3 is 2.24 bits per heavy atom. The van der Waals surface area contributed by atoms with E-state index in [1.807, 2.05) is 42.5 Å². The molecule has 21 heavy (non-hydrogen) atoms. The van der Waals surface area contributed by atoms with E-state index < -0.39 is 0 Å². The highest BCUT2D eigenvalue weighted by Crippen LogP contribution is 2.41. The molecule has 0 spiro atoms. The smallest absolute Gasteiger partial charge is 0.168 e. The summed E-state index contributed by atoms with van der Waals surface area (Å²) in [4.78, 5) is 0. The van der Waals surface area contributed by atoms with Crippen LogP contribution >= 0.6 is 0 Å². The van der Waals surface area contributed by atoms with E-state index in [-0.39, 0.29) is 5.75 Å². The maximum absolute atomic E-state index is 10.1. The van der Waals surface area contributed by atoms with Crippen molar-refractivity contribution in [3.63, 3.8) is 0 Å². The minimum Gasteiger partial charge on any atom is -0.508 e. The van der Waals surface area contributed by atoms with Gasteiger partial charge in [0.25, 0.3) is 0 Å². The molecule has 0 radical (unpaired) electrons. The highest BCUT2D eigenvalue weighted by molar-refractivity contribution is 6.02. The summed E-state index contributed by atoms with van der Waals surface area (Å²) < 4.78 is 10.8. The zero-order valence-corrected chi connectivity index (χ0v) is 12.0. The van der Waals surface area contributed by atoms with Crippen LogP contribution in [0.4, 0.5) is 0 Å². The number of hydrogen-bond donors (Lipinski definition) is 1. The molecule has 3 nitrogen and oxygen atoms in total. The maximum Gasteiger partial charge on any atom is 0.168 e. The summed E-state index contributed by atoms with van der Waals surface area (Å²) in [6, 6.07) is 17.3. The summed E-state index contributed by atoms with van der Waals surface area (Å²) in [5, 5.41) is 11.9. The van der Waals surface area contributed by atoms with Gasteiger partial charge in [-0.15, -0.1) is 0 Å². The Morgan fingerprint density at radius 2 is 1.57 bits per heavy atom. The lowest BCUT2D eigenvalue weighted by Gasteiger charge is -2.14. The Morgan fingerprint density at radius 1 is 0.810 bits per heavy atom. The van der Waals surface area contributed by atoms with Gasteiger partial charge in [0, 0.05) is 5.39 Å². The molecule has 106 valence electrons. The average Bonchev–Trinajstić information content (AvgIpc) is 2.53. The van der Waals surface area contributed by atoms with Crippen LogP contribution in [-0.4, -0.2) is 19.3 Å². The minimum atomic E-state index is 0.202. The number of phenolic OH excluding ortho intramolecular Hbond substituents is 1. The molecular formula is C18H16O3. The number of methoxy groups -OCH3 is 2. The van der Waals surface area contributed by atoms with E-state index in [2.05, 4.69) is 0 Å². The third-order valence-electron chi connectivity index (χ3n) is 3.54. The van der Waals surface area contributed by atoms with E-state index in [4.69, 9.17) is 9.47 Å². The molecule has 0 saturated carbocycles. The summed E-state index contributed by atoms with van der Waals surface area (Å²) >= 11 is 0. The van der Waals surface area contributed by atoms with E-state index in [1.165, 1.54) is 0 Å². The number of fused-ring (bicyclic) bond motifs is 1. The van der Waals surface area contributed by atoms with Crippen LogP contribution in [0.3, 0.4) is 0 Å². The lowest BCUT2D eigenvalue weighted by Crippen LogP contribution is -1.92. The van der Waals surface area contributed by atoms with Gasteiger partial charge in [-0.25, -0.2) is 0 Å². The van der Waals surface area contributed by atoms with Crippen LogP contribution in [0, 0.1) is 0 Å². The van der Waals surface area contributed by atoms with Crippen molar-refractivity contribution in [2.24, 2.45) is 0 Å². The van der Waals surface area contributed by atoms with Crippen molar-refractivity contribution in [3.8, 4) is 28.4 Å². The van der Waals surface area contributed by atoms with E-state index >= 15 is 0 Å². The number of benzene rings is 3. The first kappa shape index (κ1) is 13.3. The Bertz CT molecular complexity index is 779. The zero-order valence-electron chi connectivity index (χ0n) is 12.0. The van der Waals surface area contributed by atoms with E-state index in [1.54, 1.807) is 26.4 Å². The van der Waals surface area contributed by atoms with Crippen molar-refractivity contribution in [2.75, 3.05) is 14.2 Å². The SMILES string of the molecule is COc1ccc2c(-c3ccccc3)cc(O)cc2c1OC. The van der Waals surface area contributed by atoms with Gasteiger partial charge in [0.2, 0.25) is 0 Å². The number of hydrogen-bond acceptors (Lipinski definition) is 3. The molecule has 0 unspecified atom stereocenters. The standard InChI is InChI=1S/C18H16O3/c1-20-17-9-8-14-15(12-6-4-3-5-7-12)10-13(19)11-16(14)18(17)21-2/h3-11,19H,1-2H3. The fourth-order valence-corrected chi connectivity index (χ4v) is 2.60. The number of aromatic hydroxyl groups is 1. The Labute approximate surface area is 123 Å². The van der Waals surface area contributed by atoms with E-state index in [0.717, 1.165) is 21.9 Å². The summed E-state index contributed by atoms with van der Waals surface area (Å²) in [7, 11) is 3.20. The third-order valence-corrected chi connectivity index (χ3v) is 3.54. The first-order valence-electron chi connectivity index (χ1n) is 6.67. The van der Waals surface area contributed by atoms with E-state index in [9.17, 15) is 5.11 Å². The molecule has 0 heterocycles. The monoisotopic (exact) mass is 280 g/mol. The topological polar surface area (TPSA) is 38.7 Å². The molecule has 0 aliphatic rings. The molecule has 0 saturated heterocycles. The molecule has 0 bridgehead atoms. The predicted molar refractivity (Wildman–Crippen MR) is 84.2 cm³/mol. The van der Waals surface area contributed by atoms with Gasteiger partial charge in [0.1, 0.15) is 5.75 Å². The zero-order chi connectivity index (χ0) is 14.8. The van der Waals surface area contributed by atoms with Crippen LogP contribution in [-0.2, 0) is 0 Å². The Hall–Kier alpha value is -2.68. The van der Waals surface area contributed by atoms with Crippen LogP contribution in [0.15, 0.2) is 54.6 Å². The Kier molecular flexibility index (Phi) is 3.40. The summed E-state index contributed by atoms with van der Waals surface area (Å²) in [5.41, 5.74) is 2.01. The molecule has 0 atom stereocenters. The van der Waals surface area contributed by atoms with Crippen LogP contribution in [0.2, 0.25) is 0 Å². The quantitative estimate of drug-likeness (QED) is 0.780. The summed E-state index contributed by atoms with van der Waals surface area (Å²) in [5.74, 6) is 1.48. The normalized spacial score (nSPS) is 10.6. The van der Waals surface area contributed by atoms with Gasteiger partial charge in [-0.1, -0.05) is 30.3 Å². The lowest BCUT2D eigenvalue weighted by molar-refractivity contribution is 0.358. The van der Waals surface area contributed by atoms with Crippen LogP contribution in [0.5, 0.6) is 17.2 Å². The second-order valence-corrected chi connectivity index (χ2v) is 4.76. The van der Waals surface area contributed by atoms with Crippen molar-refractivity contribution in [1.29, 1.82) is 0 Å². The molecule has 0 fully saturated rings. The minimum absolute atomic E-state index is 0.202. The largest absolute Gasteiger partial charge is 0.508 e. The number of phenols is 1. The van der Waals surface area contributed by atoms with Gasteiger partial charge in [0.05, 0.1) is 14.2 Å². The van der Waals surface area contributed by atoms with Crippen molar-refractivity contribution in [3.05, 3.63) is 54.6 Å². The van der Waals surface area contributed by atoms with Crippen molar-refractivity contribution in [1.82, 2.24) is 0 Å². The van der Waals surface area contributed by atoms with Crippen LogP contribution in [0.25, 0.3) is 21.9 Å². The third kappa shape index (κ3) is 2.27. The molecule has 0 amide bonds. The predicted octanol–water partition coefficient (Wildman–Crippen LogP) is 4.23.